The third-order valence-corrected chi connectivity index (χ3v) is 2.64. The first-order valence-electron chi connectivity index (χ1n) is 5.61. The zero-order valence-corrected chi connectivity index (χ0v) is 11.4. The first-order valence-corrected chi connectivity index (χ1v) is 5.61. The van der Waals surface area contributed by atoms with Crippen molar-refractivity contribution >= 4 is 18.3 Å². The SMILES string of the molecule is Cc1ccc(C(C)NC(=O)CCN)c(C)c1.Cl. The highest BCUT2D eigenvalue weighted by molar-refractivity contribution is 5.85. The smallest absolute Gasteiger partial charge is 0.221 e. The summed E-state index contributed by atoms with van der Waals surface area (Å²) in [5.74, 6) is 0.00924. The van der Waals surface area contributed by atoms with Crippen molar-refractivity contribution in [3.8, 4) is 0 Å². The van der Waals surface area contributed by atoms with Gasteiger partial charge in [-0.05, 0) is 31.9 Å². The highest BCUT2D eigenvalue weighted by atomic mass is 35.5. The number of hydrogen-bond donors (Lipinski definition) is 2. The Morgan fingerprint density at radius 2 is 2.06 bits per heavy atom. The Labute approximate surface area is 109 Å². The van der Waals surface area contributed by atoms with E-state index in [0.717, 1.165) is 5.56 Å². The molecule has 3 N–H and O–H groups in total. The molecule has 0 aliphatic carbocycles. The average Bonchev–Trinajstić information content (AvgIpc) is 2.17. The van der Waals surface area contributed by atoms with Crippen molar-refractivity contribution in [1.29, 1.82) is 0 Å². The number of nitrogens with two attached hydrogens (primary N) is 1. The minimum absolute atomic E-state index is 0. The van der Waals surface area contributed by atoms with Crippen LogP contribution in [0.25, 0.3) is 0 Å². The van der Waals surface area contributed by atoms with Crippen LogP contribution in [0.1, 0.15) is 36.1 Å². The van der Waals surface area contributed by atoms with Gasteiger partial charge in [-0.2, -0.15) is 0 Å². The number of carbonyl (C=O) groups excluding carboxylic acids is 1. The zero-order valence-electron chi connectivity index (χ0n) is 10.6. The van der Waals surface area contributed by atoms with Gasteiger partial charge in [0.05, 0.1) is 6.04 Å². The molecule has 0 heterocycles. The molecule has 0 aliphatic rings. The van der Waals surface area contributed by atoms with E-state index in [1.165, 1.54) is 11.1 Å². The maximum absolute atomic E-state index is 11.4. The van der Waals surface area contributed by atoms with Crippen molar-refractivity contribution in [2.75, 3.05) is 6.54 Å². The molecule has 0 saturated heterocycles. The average molecular weight is 257 g/mol. The molecular weight excluding hydrogens is 236 g/mol. The Morgan fingerprint density at radius 3 is 2.59 bits per heavy atom. The van der Waals surface area contributed by atoms with E-state index in [0.29, 0.717) is 13.0 Å². The summed E-state index contributed by atoms with van der Waals surface area (Å²) in [4.78, 5) is 11.4. The molecular formula is C13H21ClN2O. The van der Waals surface area contributed by atoms with Crippen LogP contribution in [0.2, 0.25) is 0 Å². The van der Waals surface area contributed by atoms with E-state index in [4.69, 9.17) is 5.73 Å². The van der Waals surface area contributed by atoms with Crippen LogP contribution in [-0.2, 0) is 4.79 Å². The molecule has 96 valence electrons. The maximum Gasteiger partial charge on any atom is 0.221 e. The van der Waals surface area contributed by atoms with E-state index in [1.54, 1.807) is 0 Å². The van der Waals surface area contributed by atoms with Gasteiger partial charge in [-0.25, -0.2) is 0 Å². The van der Waals surface area contributed by atoms with Gasteiger partial charge in [0.15, 0.2) is 0 Å². The van der Waals surface area contributed by atoms with Gasteiger partial charge in [0.25, 0.3) is 0 Å². The van der Waals surface area contributed by atoms with Gasteiger partial charge >= 0.3 is 0 Å². The summed E-state index contributed by atoms with van der Waals surface area (Å²) in [5.41, 5.74) is 8.94. The summed E-state index contributed by atoms with van der Waals surface area (Å²) in [5, 5.41) is 2.94. The van der Waals surface area contributed by atoms with E-state index in [1.807, 2.05) is 6.92 Å². The number of amides is 1. The lowest BCUT2D eigenvalue weighted by Crippen LogP contribution is -2.28. The van der Waals surface area contributed by atoms with Crippen molar-refractivity contribution in [2.24, 2.45) is 5.73 Å². The summed E-state index contributed by atoms with van der Waals surface area (Å²) in [6.07, 6.45) is 0.384. The standard InChI is InChI=1S/C13H20N2O.ClH/c1-9-4-5-12(10(2)8-9)11(3)15-13(16)6-7-14;/h4-5,8,11H,6-7,14H2,1-3H3,(H,15,16);1H. The molecule has 3 nitrogen and oxygen atoms in total. The van der Waals surface area contributed by atoms with E-state index < -0.39 is 0 Å². The van der Waals surface area contributed by atoms with Crippen molar-refractivity contribution in [3.63, 3.8) is 0 Å². The first-order chi connectivity index (χ1) is 7.54. The Bertz CT molecular complexity index is 380. The molecule has 1 aromatic carbocycles. The van der Waals surface area contributed by atoms with Crippen LogP contribution in [0, 0.1) is 13.8 Å². The third kappa shape index (κ3) is 4.75. The summed E-state index contributed by atoms with van der Waals surface area (Å²) in [6, 6.07) is 6.30. The molecule has 0 aromatic heterocycles. The number of aryl methyl sites for hydroxylation is 2. The van der Waals surface area contributed by atoms with Crippen LogP contribution in [0.15, 0.2) is 18.2 Å². The van der Waals surface area contributed by atoms with Crippen molar-refractivity contribution in [2.45, 2.75) is 33.2 Å². The lowest BCUT2D eigenvalue weighted by molar-refractivity contribution is -0.121. The second-order valence-corrected chi connectivity index (χ2v) is 4.19. The Hall–Kier alpha value is -1.06. The van der Waals surface area contributed by atoms with Crippen molar-refractivity contribution < 1.29 is 4.79 Å². The second kappa shape index (κ2) is 7.30. The van der Waals surface area contributed by atoms with Gasteiger partial charge in [-0.1, -0.05) is 23.8 Å². The number of nitrogens with one attached hydrogen (secondary N) is 1. The van der Waals surface area contributed by atoms with Gasteiger partial charge in [0.1, 0.15) is 0 Å². The molecule has 0 bridgehead atoms. The largest absolute Gasteiger partial charge is 0.350 e. The highest BCUT2D eigenvalue weighted by Crippen LogP contribution is 2.18. The third-order valence-electron chi connectivity index (χ3n) is 2.64. The van der Waals surface area contributed by atoms with Gasteiger partial charge in [0, 0.05) is 13.0 Å². The highest BCUT2D eigenvalue weighted by Gasteiger charge is 2.10. The number of benzene rings is 1. The lowest BCUT2D eigenvalue weighted by Gasteiger charge is -2.16. The summed E-state index contributed by atoms with van der Waals surface area (Å²) in [7, 11) is 0. The predicted molar refractivity (Wildman–Crippen MR) is 73.4 cm³/mol. The molecule has 4 heteroatoms. The number of hydrogen-bond acceptors (Lipinski definition) is 2. The molecule has 0 saturated carbocycles. The van der Waals surface area contributed by atoms with Crippen LogP contribution in [0.5, 0.6) is 0 Å². The Kier molecular flexibility index (Phi) is 6.85. The van der Waals surface area contributed by atoms with E-state index in [2.05, 4.69) is 37.4 Å². The van der Waals surface area contributed by atoms with Gasteiger partial charge in [-0.3, -0.25) is 4.79 Å². The summed E-state index contributed by atoms with van der Waals surface area (Å²) >= 11 is 0. The van der Waals surface area contributed by atoms with E-state index in [9.17, 15) is 4.79 Å². The van der Waals surface area contributed by atoms with Crippen LogP contribution in [-0.4, -0.2) is 12.5 Å². The fourth-order valence-electron chi connectivity index (χ4n) is 1.83. The van der Waals surface area contributed by atoms with E-state index >= 15 is 0 Å². The molecule has 1 atom stereocenters. The number of rotatable bonds is 4. The van der Waals surface area contributed by atoms with Gasteiger partial charge < -0.3 is 11.1 Å². The first kappa shape index (κ1) is 15.9. The molecule has 0 spiro atoms. The molecule has 0 radical (unpaired) electrons. The normalized spacial score (nSPS) is 11.5. The topological polar surface area (TPSA) is 55.1 Å². The molecule has 1 rings (SSSR count). The van der Waals surface area contributed by atoms with Crippen LogP contribution in [0.4, 0.5) is 0 Å². The zero-order chi connectivity index (χ0) is 12.1. The molecule has 17 heavy (non-hydrogen) atoms. The summed E-state index contributed by atoms with van der Waals surface area (Å²) in [6.45, 7) is 6.51. The summed E-state index contributed by atoms with van der Waals surface area (Å²) < 4.78 is 0. The fourth-order valence-corrected chi connectivity index (χ4v) is 1.83. The quantitative estimate of drug-likeness (QED) is 0.868. The van der Waals surface area contributed by atoms with Crippen molar-refractivity contribution in [3.05, 3.63) is 34.9 Å². The number of halogens is 1. The molecule has 1 aromatic rings. The van der Waals surface area contributed by atoms with Gasteiger partial charge in [-0.15, -0.1) is 12.4 Å². The maximum atomic E-state index is 11.4. The van der Waals surface area contributed by atoms with Crippen LogP contribution >= 0.6 is 12.4 Å². The Morgan fingerprint density at radius 1 is 1.41 bits per heavy atom. The monoisotopic (exact) mass is 256 g/mol. The predicted octanol–water partition coefficient (Wildman–Crippen LogP) is 2.25. The fraction of sp³-hybridized carbons (Fsp3) is 0.462. The Balaban J connectivity index is 0.00000256. The van der Waals surface area contributed by atoms with Crippen LogP contribution < -0.4 is 11.1 Å². The van der Waals surface area contributed by atoms with Crippen LogP contribution in [0.3, 0.4) is 0 Å². The van der Waals surface area contributed by atoms with E-state index in [-0.39, 0.29) is 24.4 Å². The molecule has 0 aliphatic heterocycles. The lowest BCUT2D eigenvalue weighted by atomic mass is 10.0. The molecule has 1 unspecified atom stereocenters. The molecule has 0 fully saturated rings. The number of carbonyl (C=O) groups is 1. The molecule has 1 amide bonds. The minimum Gasteiger partial charge on any atom is -0.350 e. The minimum atomic E-state index is 0. The van der Waals surface area contributed by atoms with Crippen molar-refractivity contribution in [1.82, 2.24) is 5.32 Å². The van der Waals surface area contributed by atoms with Gasteiger partial charge in [0.2, 0.25) is 5.91 Å². The second-order valence-electron chi connectivity index (χ2n) is 4.19.